The normalized spacial score (nSPS) is 12.9. The maximum absolute atomic E-state index is 12.5. The van der Waals surface area contributed by atoms with E-state index in [0.29, 0.717) is 24.2 Å². The number of aromatic nitrogens is 3. The molecule has 22 heavy (non-hydrogen) atoms. The van der Waals surface area contributed by atoms with Gasteiger partial charge in [0.1, 0.15) is 0 Å². The molecule has 1 N–H and O–H groups in total. The quantitative estimate of drug-likeness (QED) is 0.919. The molecule has 1 unspecified atom stereocenters. The fourth-order valence-electron chi connectivity index (χ4n) is 2.35. The number of aliphatic hydroxyl groups is 1. The Morgan fingerprint density at radius 1 is 1.41 bits per heavy atom. The number of hydrogen-bond donors (Lipinski definition) is 1. The van der Waals surface area contributed by atoms with Gasteiger partial charge in [-0.1, -0.05) is 0 Å². The van der Waals surface area contributed by atoms with Crippen molar-refractivity contribution in [2.24, 2.45) is 0 Å². The second-order valence-corrected chi connectivity index (χ2v) is 6.08. The molecule has 120 valence electrons. The number of pyridine rings is 1. The molecule has 0 saturated carbocycles. The predicted molar refractivity (Wildman–Crippen MR) is 85.9 cm³/mol. The zero-order valence-corrected chi connectivity index (χ0v) is 13.9. The lowest BCUT2D eigenvalue weighted by molar-refractivity contribution is 0.0768. The monoisotopic (exact) mass is 304 g/mol. The highest BCUT2D eigenvalue weighted by Gasteiger charge is 2.18. The number of aryl methyl sites for hydroxylation is 1. The average Bonchev–Trinajstić information content (AvgIpc) is 2.85. The van der Waals surface area contributed by atoms with Crippen molar-refractivity contribution < 1.29 is 9.90 Å². The number of carbonyl (C=O) groups excluding carboxylic acids is 1. The number of fused-ring (bicyclic) bond motifs is 1. The van der Waals surface area contributed by atoms with E-state index in [1.54, 1.807) is 25.1 Å². The van der Waals surface area contributed by atoms with Crippen LogP contribution in [-0.2, 0) is 0 Å². The minimum atomic E-state index is -0.416. The molecular weight excluding hydrogens is 280 g/mol. The molecule has 0 radical (unpaired) electrons. The van der Waals surface area contributed by atoms with E-state index < -0.39 is 6.10 Å². The van der Waals surface area contributed by atoms with Gasteiger partial charge < -0.3 is 10.0 Å². The third-order valence-corrected chi connectivity index (χ3v) is 3.71. The second-order valence-electron chi connectivity index (χ2n) is 6.08. The lowest BCUT2D eigenvalue weighted by atomic mass is 10.1. The van der Waals surface area contributed by atoms with Gasteiger partial charge in [-0.25, -0.2) is 9.67 Å². The van der Waals surface area contributed by atoms with E-state index in [9.17, 15) is 9.90 Å². The van der Waals surface area contributed by atoms with Gasteiger partial charge in [-0.05, 0) is 40.2 Å². The smallest absolute Gasteiger partial charge is 0.255 e. The van der Waals surface area contributed by atoms with Gasteiger partial charge in [-0.3, -0.25) is 4.79 Å². The summed E-state index contributed by atoms with van der Waals surface area (Å²) in [7, 11) is 1.74. The van der Waals surface area contributed by atoms with Gasteiger partial charge in [0.15, 0.2) is 5.65 Å². The van der Waals surface area contributed by atoms with Gasteiger partial charge >= 0.3 is 0 Å². The summed E-state index contributed by atoms with van der Waals surface area (Å²) >= 11 is 0. The Morgan fingerprint density at radius 3 is 2.68 bits per heavy atom. The minimum Gasteiger partial charge on any atom is -0.393 e. The van der Waals surface area contributed by atoms with Crippen LogP contribution in [-0.4, -0.2) is 50.4 Å². The van der Waals surface area contributed by atoms with Crippen LogP contribution < -0.4 is 0 Å². The highest BCUT2D eigenvalue weighted by Crippen LogP contribution is 2.20. The third kappa shape index (κ3) is 3.27. The van der Waals surface area contributed by atoms with Crippen LogP contribution in [0.25, 0.3) is 11.0 Å². The molecule has 0 spiro atoms. The first-order valence-corrected chi connectivity index (χ1v) is 7.59. The molecule has 1 atom stereocenters. The number of nitrogens with zero attached hydrogens (tertiary/aromatic N) is 4. The molecule has 2 aromatic heterocycles. The first kappa shape index (κ1) is 16.4. The van der Waals surface area contributed by atoms with Crippen LogP contribution in [0.2, 0.25) is 0 Å². The zero-order valence-electron chi connectivity index (χ0n) is 13.9. The molecule has 6 heteroatoms. The van der Waals surface area contributed by atoms with E-state index in [1.165, 1.54) is 0 Å². The van der Waals surface area contributed by atoms with Crippen LogP contribution in [0.15, 0.2) is 12.3 Å². The zero-order chi connectivity index (χ0) is 16.4. The Kier molecular flexibility index (Phi) is 4.81. The molecule has 6 nitrogen and oxygen atoms in total. The Labute approximate surface area is 130 Å². The van der Waals surface area contributed by atoms with Gasteiger partial charge in [0, 0.05) is 25.0 Å². The number of hydrogen-bond acceptors (Lipinski definition) is 4. The summed E-state index contributed by atoms with van der Waals surface area (Å²) in [6.45, 7) is 8.17. The standard InChI is InChI=1S/C16H24N4O2/c1-10(2)20-15-13(9-17-20)8-14(12(4)18-15)16(22)19(5)7-6-11(3)21/h8-11,21H,6-7H2,1-5H3. The SMILES string of the molecule is Cc1nc2c(cnn2C(C)C)cc1C(=O)N(C)CCC(C)O. The van der Waals surface area contributed by atoms with Crippen molar-refractivity contribution in [2.75, 3.05) is 13.6 Å². The van der Waals surface area contributed by atoms with E-state index in [2.05, 4.69) is 10.1 Å². The first-order chi connectivity index (χ1) is 10.3. The van der Waals surface area contributed by atoms with Crippen molar-refractivity contribution in [3.63, 3.8) is 0 Å². The van der Waals surface area contributed by atoms with E-state index in [1.807, 2.05) is 31.5 Å². The van der Waals surface area contributed by atoms with Crippen LogP contribution >= 0.6 is 0 Å². The van der Waals surface area contributed by atoms with E-state index >= 15 is 0 Å². The van der Waals surface area contributed by atoms with Crippen molar-refractivity contribution in [1.82, 2.24) is 19.7 Å². The summed E-state index contributed by atoms with van der Waals surface area (Å²) < 4.78 is 1.85. The van der Waals surface area contributed by atoms with Gasteiger partial charge in [0.2, 0.25) is 0 Å². The first-order valence-electron chi connectivity index (χ1n) is 7.59. The largest absolute Gasteiger partial charge is 0.393 e. The predicted octanol–water partition coefficient (Wildman–Crippen LogP) is 2.16. The molecule has 0 fully saturated rings. The van der Waals surface area contributed by atoms with Crippen LogP contribution in [0.4, 0.5) is 0 Å². The maximum atomic E-state index is 12.5. The van der Waals surface area contributed by atoms with Crippen molar-refractivity contribution >= 4 is 16.9 Å². The van der Waals surface area contributed by atoms with Crippen molar-refractivity contribution in [2.45, 2.75) is 46.3 Å². The molecule has 2 aromatic rings. The highest BCUT2D eigenvalue weighted by atomic mass is 16.3. The number of rotatable bonds is 5. The lowest BCUT2D eigenvalue weighted by Gasteiger charge is -2.19. The van der Waals surface area contributed by atoms with Crippen LogP contribution in [0.5, 0.6) is 0 Å². The molecule has 0 aliphatic heterocycles. The fourth-order valence-corrected chi connectivity index (χ4v) is 2.35. The van der Waals surface area contributed by atoms with Gasteiger partial charge in [0.05, 0.1) is 23.6 Å². The summed E-state index contributed by atoms with van der Waals surface area (Å²) in [5.41, 5.74) is 2.09. The van der Waals surface area contributed by atoms with Crippen molar-refractivity contribution in [3.8, 4) is 0 Å². The van der Waals surface area contributed by atoms with Crippen LogP contribution in [0.3, 0.4) is 0 Å². The number of amides is 1. The van der Waals surface area contributed by atoms with Gasteiger partial charge in [-0.2, -0.15) is 5.10 Å². The second kappa shape index (κ2) is 6.44. The molecule has 0 aliphatic carbocycles. The van der Waals surface area contributed by atoms with Crippen molar-refractivity contribution in [1.29, 1.82) is 0 Å². The number of aliphatic hydroxyl groups excluding tert-OH is 1. The lowest BCUT2D eigenvalue weighted by Crippen LogP contribution is -2.30. The molecule has 0 bridgehead atoms. The molecular formula is C16H24N4O2. The molecule has 0 saturated heterocycles. The Morgan fingerprint density at radius 2 is 2.09 bits per heavy atom. The van der Waals surface area contributed by atoms with Gasteiger partial charge in [-0.15, -0.1) is 0 Å². The van der Waals surface area contributed by atoms with Crippen LogP contribution in [0, 0.1) is 6.92 Å². The summed E-state index contributed by atoms with van der Waals surface area (Å²) in [5, 5.41) is 14.5. The Bertz CT molecular complexity index is 676. The highest BCUT2D eigenvalue weighted by molar-refractivity contribution is 5.98. The Balaban J connectivity index is 2.32. The molecule has 2 heterocycles. The van der Waals surface area contributed by atoms with E-state index in [-0.39, 0.29) is 11.9 Å². The average molecular weight is 304 g/mol. The molecule has 0 aliphatic rings. The number of carbonyl (C=O) groups is 1. The summed E-state index contributed by atoms with van der Waals surface area (Å²) in [6.07, 6.45) is 1.89. The fraction of sp³-hybridized carbons (Fsp3) is 0.562. The summed E-state index contributed by atoms with van der Waals surface area (Å²) in [4.78, 5) is 18.7. The summed E-state index contributed by atoms with van der Waals surface area (Å²) in [5.74, 6) is -0.0788. The van der Waals surface area contributed by atoms with E-state index in [0.717, 1.165) is 11.0 Å². The maximum Gasteiger partial charge on any atom is 0.255 e. The summed E-state index contributed by atoms with van der Waals surface area (Å²) in [6, 6.07) is 2.07. The molecule has 2 rings (SSSR count). The van der Waals surface area contributed by atoms with Crippen LogP contribution in [0.1, 0.15) is 49.3 Å². The molecule has 0 aromatic carbocycles. The Hall–Kier alpha value is -1.95. The van der Waals surface area contributed by atoms with Crippen molar-refractivity contribution in [3.05, 3.63) is 23.5 Å². The third-order valence-electron chi connectivity index (χ3n) is 3.71. The van der Waals surface area contributed by atoms with E-state index in [4.69, 9.17) is 0 Å². The topological polar surface area (TPSA) is 71.2 Å². The van der Waals surface area contributed by atoms with Gasteiger partial charge in [0.25, 0.3) is 5.91 Å². The molecule has 1 amide bonds. The minimum absolute atomic E-state index is 0.0788.